The van der Waals surface area contributed by atoms with Gasteiger partial charge in [-0.25, -0.2) is 4.79 Å². The third kappa shape index (κ3) is 3.73. The van der Waals surface area contributed by atoms with Gasteiger partial charge in [-0.05, 0) is 18.9 Å². The van der Waals surface area contributed by atoms with Gasteiger partial charge in [0.1, 0.15) is 0 Å². The van der Waals surface area contributed by atoms with Gasteiger partial charge in [-0.2, -0.15) is 0 Å². The van der Waals surface area contributed by atoms with Gasteiger partial charge >= 0.3 is 6.09 Å². The Kier molecular flexibility index (Phi) is 4.51. The van der Waals surface area contributed by atoms with Crippen LogP contribution in [0.2, 0.25) is 0 Å². The number of ether oxygens (including phenoxy) is 1. The maximum absolute atomic E-state index is 11.3. The number of hydrogen-bond donors (Lipinski definition) is 1. The zero-order chi connectivity index (χ0) is 12.0. The van der Waals surface area contributed by atoms with E-state index in [0.29, 0.717) is 6.42 Å². The fourth-order valence-electron chi connectivity index (χ4n) is 1.35. The molecule has 0 unspecified atom stereocenters. The van der Waals surface area contributed by atoms with Crippen molar-refractivity contribution in [3.05, 3.63) is 35.9 Å². The molecule has 0 heterocycles. The zero-order valence-electron chi connectivity index (χ0n) is 9.40. The molecule has 1 aromatic carbocycles. The molecule has 1 atom stereocenters. The van der Waals surface area contributed by atoms with Crippen molar-refractivity contribution < 1.29 is 14.3 Å². The van der Waals surface area contributed by atoms with Crippen molar-refractivity contribution in [3.8, 4) is 0 Å². The van der Waals surface area contributed by atoms with Gasteiger partial charge in [0.15, 0.2) is 5.78 Å². The van der Waals surface area contributed by atoms with Crippen LogP contribution in [0.5, 0.6) is 0 Å². The molecule has 86 valence electrons. The Morgan fingerprint density at radius 3 is 2.44 bits per heavy atom. The van der Waals surface area contributed by atoms with Crippen molar-refractivity contribution in [2.75, 3.05) is 7.11 Å². The number of methoxy groups -OCH3 is 1. The van der Waals surface area contributed by atoms with Crippen LogP contribution in [0.25, 0.3) is 0 Å². The monoisotopic (exact) mass is 221 g/mol. The third-order valence-electron chi connectivity index (χ3n) is 2.25. The standard InChI is InChI=1S/C12H15NO3/c1-9(14)11(13-12(15)16-2)8-10-6-4-3-5-7-10/h3-7,11H,8H2,1-2H3,(H,13,15)/t11-/m1/s1. The molecule has 4 heteroatoms. The molecule has 0 spiro atoms. The Labute approximate surface area is 94.6 Å². The highest BCUT2D eigenvalue weighted by Gasteiger charge is 2.17. The van der Waals surface area contributed by atoms with Crippen molar-refractivity contribution in [1.82, 2.24) is 5.32 Å². The minimum absolute atomic E-state index is 0.0887. The number of ketones is 1. The number of carbonyl (C=O) groups excluding carboxylic acids is 2. The number of hydrogen-bond acceptors (Lipinski definition) is 3. The van der Waals surface area contributed by atoms with Crippen molar-refractivity contribution in [3.63, 3.8) is 0 Å². The smallest absolute Gasteiger partial charge is 0.407 e. The lowest BCUT2D eigenvalue weighted by atomic mass is 10.0. The van der Waals surface area contributed by atoms with Gasteiger partial charge in [-0.1, -0.05) is 30.3 Å². The van der Waals surface area contributed by atoms with Gasteiger partial charge in [0.25, 0.3) is 0 Å². The minimum atomic E-state index is -0.587. The number of nitrogens with one attached hydrogen (secondary N) is 1. The van der Waals surface area contributed by atoms with E-state index >= 15 is 0 Å². The number of amides is 1. The van der Waals surface area contributed by atoms with Gasteiger partial charge < -0.3 is 10.1 Å². The topological polar surface area (TPSA) is 55.4 Å². The largest absolute Gasteiger partial charge is 0.453 e. The molecule has 0 aliphatic rings. The molecule has 1 N–H and O–H groups in total. The number of Topliss-reactive ketones (excluding diaryl/α,β-unsaturated/α-hetero) is 1. The second-order valence-electron chi connectivity index (χ2n) is 3.49. The van der Waals surface area contributed by atoms with Gasteiger partial charge in [-0.15, -0.1) is 0 Å². The van der Waals surface area contributed by atoms with E-state index < -0.39 is 12.1 Å². The van der Waals surface area contributed by atoms with Gasteiger partial charge in [-0.3, -0.25) is 4.79 Å². The Hall–Kier alpha value is -1.84. The van der Waals surface area contributed by atoms with Gasteiger partial charge in [0, 0.05) is 0 Å². The maximum Gasteiger partial charge on any atom is 0.407 e. The maximum atomic E-state index is 11.3. The van der Waals surface area contributed by atoms with E-state index in [1.165, 1.54) is 14.0 Å². The van der Waals surface area contributed by atoms with Gasteiger partial charge in [0.2, 0.25) is 0 Å². The van der Waals surface area contributed by atoms with E-state index in [2.05, 4.69) is 10.1 Å². The van der Waals surface area contributed by atoms with Crippen molar-refractivity contribution >= 4 is 11.9 Å². The van der Waals surface area contributed by atoms with Gasteiger partial charge in [0.05, 0.1) is 13.2 Å². The molecule has 0 aliphatic carbocycles. The van der Waals surface area contributed by atoms with Crippen LogP contribution in [0.4, 0.5) is 4.79 Å². The summed E-state index contributed by atoms with van der Waals surface area (Å²) >= 11 is 0. The van der Waals surface area contributed by atoms with Crippen LogP contribution in [-0.4, -0.2) is 25.0 Å². The van der Waals surface area contributed by atoms with Crippen LogP contribution in [0.1, 0.15) is 12.5 Å². The molecule has 0 saturated carbocycles. The highest BCUT2D eigenvalue weighted by Crippen LogP contribution is 2.04. The lowest BCUT2D eigenvalue weighted by Crippen LogP contribution is -2.41. The fraction of sp³-hybridized carbons (Fsp3) is 0.333. The van der Waals surface area contributed by atoms with E-state index in [1.807, 2.05) is 30.3 Å². The number of benzene rings is 1. The van der Waals surface area contributed by atoms with Crippen molar-refractivity contribution in [1.29, 1.82) is 0 Å². The first-order valence-electron chi connectivity index (χ1n) is 5.02. The summed E-state index contributed by atoms with van der Waals surface area (Å²) < 4.78 is 4.47. The molecule has 0 aromatic heterocycles. The summed E-state index contributed by atoms with van der Waals surface area (Å²) in [6.07, 6.45) is -0.109. The average molecular weight is 221 g/mol. The fourth-order valence-corrected chi connectivity index (χ4v) is 1.35. The molecular weight excluding hydrogens is 206 g/mol. The lowest BCUT2D eigenvalue weighted by Gasteiger charge is -2.14. The van der Waals surface area contributed by atoms with E-state index in [0.717, 1.165) is 5.56 Å². The second-order valence-corrected chi connectivity index (χ2v) is 3.49. The Morgan fingerprint density at radius 1 is 1.31 bits per heavy atom. The molecule has 0 saturated heterocycles. The number of carbonyl (C=O) groups is 2. The molecular formula is C12H15NO3. The van der Waals surface area contributed by atoms with Crippen LogP contribution in [0, 0.1) is 0 Å². The first-order valence-corrected chi connectivity index (χ1v) is 5.02. The molecule has 1 amide bonds. The first-order chi connectivity index (χ1) is 7.63. The Morgan fingerprint density at radius 2 is 1.94 bits per heavy atom. The predicted molar refractivity (Wildman–Crippen MR) is 60.2 cm³/mol. The second kappa shape index (κ2) is 5.90. The van der Waals surface area contributed by atoms with Crippen LogP contribution in [0.3, 0.4) is 0 Å². The molecule has 0 bridgehead atoms. The Balaban J connectivity index is 2.65. The predicted octanol–water partition coefficient (Wildman–Crippen LogP) is 1.54. The summed E-state index contributed by atoms with van der Waals surface area (Å²) in [5.74, 6) is -0.0887. The summed E-state index contributed by atoms with van der Waals surface area (Å²) in [5.41, 5.74) is 0.999. The molecule has 4 nitrogen and oxygen atoms in total. The quantitative estimate of drug-likeness (QED) is 0.839. The molecule has 0 fully saturated rings. The minimum Gasteiger partial charge on any atom is -0.453 e. The van der Waals surface area contributed by atoms with Crippen molar-refractivity contribution in [2.45, 2.75) is 19.4 Å². The van der Waals surface area contributed by atoms with Crippen LogP contribution in [0.15, 0.2) is 30.3 Å². The summed E-state index contributed by atoms with van der Waals surface area (Å²) in [5, 5.41) is 2.50. The lowest BCUT2D eigenvalue weighted by molar-refractivity contribution is -0.118. The van der Waals surface area contributed by atoms with E-state index in [4.69, 9.17) is 0 Å². The summed E-state index contributed by atoms with van der Waals surface area (Å²) in [4.78, 5) is 22.4. The average Bonchev–Trinajstić information content (AvgIpc) is 2.29. The molecule has 0 aliphatic heterocycles. The normalized spacial score (nSPS) is 11.6. The van der Waals surface area contributed by atoms with Crippen molar-refractivity contribution in [2.24, 2.45) is 0 Å². The molecule has 1 rings (SSSR count). The molecule has 1 aromatic rings. The SMILES string of the molecule is COC(=O)N[C@H](Cc1ccccc1)C(C)=O. The number of alkyl carbamates (subject to hydrolysis) is 1. The van der Waals surface area contributed by atoms with E-state index in [1.54, 1.807) is 0 Å². The molecule has 0 radical (unpaired) electrons. The highest BCUT2D eigenvalue weighted by molar-refractivity contribution is 5.85. The van der Waals surface area contributed by atoms with E-state index in [-0.39, 0.29) is 5.78 Å². The van der Waals surface area contributed by atoms with Crippen LogP contribution < -0.4 is 5.32 Å². The highest BCUT2D eigenvalue weighted by atomic mass is 16.5. The Bertz CT molecular complexity index is 362. The molecule has 16 heavy (non-hydrogen) atoms. The summed E-state index contributed by atoms with van der Waals surface area (Å²) in [7, 11) is 1.27. The third-order valence-corrected chi connectivity index (χ3v) is 2.25. The van der Waals surface area contributed by atoms with Crippen LogP contribution >= 0.6 is 0 Å². The summed E-state index contributed by atoms with van der Waals surface area (Å²) in [6, 6.07) is 8.98. The van der Waals surface area contributed by atoms with Crippen LogP contribution in [-0.2, 0) is 16.0 Å². The summed E-state index contributed by atoms with van der Waals surface area (Å²) in [6.45, 7) is 1.45. The first kappa shape index (κ1) is 12.2. The zero-order valence-corrected chi connectivity index (χ0v) is 9.40. The number of rotatable bonds is 4. The van der Waals surface area contributed by atoms with E-state index in [9.17, 15) is 9.59 Å².